The van der Waals surface area contributed by atoms with E-state index in [0.29, 0.717) is 16.5 Å². The standard InChI is InChI=1S/C24H19ClN2O3/c1-26-20-13-12-17(25)14-19(20)24(16-8-4-2-5-9-16)22(23(29)27(24)15-21(26)28)30-18-10-6-3-7-11-18/h2-14,22H,15H2,1H3/t22-,24-/m1/s1. The number of hydrogen-bond acceptors (Lipinski definition) is 3. The van der Waals surface area contributed by atoms with Crippen LogP contribution in [0.1, 0.15) is 11.1 Å². The van der Waals surface area contributed by atoms with Crippen LogP contribution in [0.4, 0.5) is 5.69 Å². The van der Waals surface area contributed by atoms with Crippen molar-refractivity contribution < 1.29 is 14.3 Å². The second-order valence-electron chi connectivity index (χ2n) is 7.48. The third kappa shape index (κ3) is 2.55. The van der Waals surface area contributed by atoms with E-state index in [1.54, 1.807) is 22.9 Å². The molecule has 2 amide bonds. The molecular weight excluding hydrogens is 400 g/mol. The number of halogens is 1. The van der Waals surface area contributed by atoms with Crippen molar-refractivity contribution in [1.29, 1.82) is 0 Å². The first kappa shape index (κ1) is 18.7. The summed E-state index contributed by atoms with van der Waals surface area (Å²) < 4.78 is 6.25. The van der Waals surface area contributed by atoms with Crippen molar-refractivity contribution in [3.05, 3.63) is 95.0 Å². The number of carbonyl (C=O) groups excluding carboxylic acids is 2. The Bertz CT molecular complexity index is 1140. The van der Waals surface area contributed by atoms with Gasteiger partial charge in [-0.25, -0.2) is 0 Å². The summed E-state index contributed by atoms with van der Waals surface area (Å²) in [4.78, 5) is 29.4. The molecule has 3 aromatic rings. The molecule has 2 heterocycles. The molecule has 2 aliphatic heterocycles. The molecule has 2 atom stereocenters. The second-order valence-corrected chi connectivity index (χ2v) is 7.92. The van der Waals surface area contributed by atoms with Crippen LogP contribution in [0.2, 0.25) is 5.02 Å². The minimum absolute atomic E-state index is 0.0365. The van der Waals surface area contributed by atoms with E-state index in [9.17, 15) is 9.59 Å². The summed E-state index contributed by atoms with van der Waals surface area (Å²) in [5.41, 5.74) is 1.40. The number of amides is 2. The maximum absolute atomic E-state index is 13.3. The third-order valence-corrected chi connectivity index (χ3v) is 6.14. The molecule has 6 heteroatoms. The Morgan fingerprint density at radius 1 is 0.967 bits per heavy atom. The van der Waals surface area contributed by atoms with E-state index >= 15 is 0 Å². The fourth-order valence-corrected chi connectivity index (χ4v) is 4.64. The van der Waals surface area contributed by atoms with E-state index < -0.39 is 11.6 Å². The molecule has 5 nitrogen and oxygen atoms in total. The monoisotopic (exact) mass is 418 g/mol. The maximum atomic E-state index is 13.3. The topological polar surface area (TPSA) is 49.9 Å². The van der Waals surface area contributed by atoms with Gasteiger partial charge in [0, 0.05) is 23.3 Å². The Morgan fingerprint density at radius 3 is 2.33 bits per heavy atom. The highest BCUT2D eigenvalue weighted by Gasteiger charge is 2.66. The van der Waals surface area contributed by atoms with Crippen LogP contribution in [0.5, 0.6) is 5.75 Å². The van der Waals surface area contributed by atoms with Crippen LogP contribution in [-0.2, 0) is 15.1 Å². The summed E-state index contributed by atoms with van der Waals surface area (Å²) in [5, 5.41) is 0.532. The van der Waals surface area contributed by atoms with Crippen molar-refractivity contribution in [1.82, 2.24) is 4.90 Å². The first-order valence-corrected chi connectivity index (χ1v) is 10.1. The predicted molar refractivity (Wildman–Crippen MR) is 115 cm³/mol. The average molecular weight is 419 g/mol. The lowest BCUT2D eigenvalue weighted by molar-refractivity contribution is -0.177. The highest BCUT2D eigenvalue weighted by molar-refractivity contribution is 6.30. The Labute approximate surface area is 179 Å². The molecule has 0 aromatic heterocycles. The summed E-state index contributed by atoms with van der Waals surface area (Å²) in [5.74, 6) is 0.207. The SMILES string of the molecule is CN1C(=O)CN2C(=O)[C@@H](Oc3ccccc3)[C@@]2(c2ccccc2)c2cc(Cl)ccc21. The molecule has 0 aliphatic carbocycles. The molecule has 150 valence electrons. The molecule has 0 spiro atoms. The summed E-state index contributed by atoms with van der Waals surface area (Å²) >= 11 is 6.40. The van der Waals surface area contributed by atoms with Crippen molar-refractivity contribution in [2.75, 3.05) is 18.5 Å². The van der Waals surface area contributed by atoms with Gasteiger partial charge in [-0.2, -0.15) is 0 Å². The zero-order valence-corrected chi connectivity index (χ0v) is 17.0. The third-order valence-electron chi connectivity index (χ3n) is 5.90. The molecule has 0 N–H and O–H groups in total. The number of ether oxygens (including phenoxy) is 1. The van der Waals surface area contributed by atoms with Gasteiger partial charge >= 0.3 is 0 Å². The van der Waals surface area contributed by atoms with Crippen LogP contribution >= 0.6 is 11.6 Å². The lowest BCUT2D eigenvalue weighted by Gasteiger charge is -2.56. The molecule has 1 fully saturated rings. The van der Waals surface area contributed by atoms with Crippen LogP contribution in [-0.4, -0.2) is 36.4 Å². The van der Waals surface area contributed by atoms with Gasteiger partial charge in [0.1, 0.15) is 17.8 Å². The number of likely N-dealkylation sites (N-methyl/N-ethyl adjacent to an activating group) is 1. The number of β-lactam (4-membered cyclic amide) rings is 1. The van der Waals surface area contributed by atoms with Crippen LogP contribution < -0.4 is 9.64 Å². The predicted octanol–water partition coefficient (Wildman–Crippen LogP) is 3.85. The Balaban J connectivity index is 1.78. The number of anilines is 1. The van der Waals surface area contributed by atoms with Crippen LogP contribution in [0.25, 0.3) is 0 Å². The summed E-state index contributed by atoms with van der Waals surface area (Å²) in [7, 11) is 1.72. The van der Waals surface area contributed by atoms with Crippen molar-refractivity contribution in [2.45, 2.75) is 11.6 Å². The zero-order valence-electron chi connectivity index (χ0n) is 16.3. The summed E-state index contributed by atoms with van der Waals surface area (Å²) in [6.07, 6.45) is -0.821. The van der Waals surface area contributed by atoms with E-state index in [2.05, 4.69) is 0 Å². The molecular formula is C24H19ClN2O3. The van der Waals surface area contributed by atoms with Gasteiger partial charge in [-0.3, -0.25) is 9.59 Å². The zero-order chi connectivity index (χ0) is 20.9. The van der Waals surface area contributed by atoms with E-state index in [1.807, 2.05) is 72.8 Å². The van der Waals surface area contributed by atoms with E-state index in [-0.39, 0.29) is 18.4 Å². The van der Waals surface area contributed by atoms with Crippen molar-refractivity contribution >= 4 is 29.1 Å². The number of carbonyl (C=O) groups is 2. The molecule has 0 radical (unpaired) electrons. The Kier molecular flexibility index (Phi) is 4.29. The minimum Gasteiger partial charge on any atom is -0.477 e. The number of benzene rings is 3. The quantitative estimate of drug-likeness (QED) is 0.607. The van der Waals surface area contributed by atoms with Crippen molar-refractivity contribution in [3.63, 3.8) is 0 Å². The molecule has 1 saturated heterocycles. The van der Waals surface area contributed by atoms with Gasteiger partial charge in [0.25, 0.3) is 5.91 Å². The van der Waals surface area contributed by atoms with Crippen LogP contribution in [0, 0.1) is 0 Å². The second kappa shape index (κ2) is 6.89. The van der Waals surface area contributed by atoms with E-state index in [1.165, 1.54) is 0 Å². The van der Waals surface area contributed by atoms with Crippen molar-refractivity contribution in [2.24, 2.45) is 0 Å². The lowest BCUT2D eigenvalue weighted by atomic mass is 9.69. The number of rotatable bonds is 3. The maximum Gasteiger partial charge on any atom is 0.268 e. The smallest absolute Gasteiger partial charge is 0.268 e. The fourth-order valence-electron chi connectivity index (χ4n) is 4.47. The molecule has 0 unspecified atom stereocenters. The molecule has 3 aromatic carbocycles. The first-order valence-electron chi connectivity index (χ1n) is 9.69. The summed E-state index contributed by atoms with van der Waals surface area (Å²) in [6.45, 7) is -0.0365. The summed E-state index contributed by atoms with van der Waals surface area (Å²) in [6, 6.07) is 24.4. The number of hydrogen-bond donors (Lipinski definition) is 0. The minimum atomic E-state index is -0.963. The number of fused-ring (bicyclic) bond motifs is 3. The first-order chi connectivity index (χ1) is 14.5. The van der Waals surface area contributed by atoms with Gasteiger partial charge in [-0.05, 0) is 35.9 Å². The van der Waals surface area contributed by atoms with Gasteiger partial charge in [0.15, 0.2) is 0 Å². The average Bonchev–Trinajstić information content (AvgIpc) is 2.86. The number of para-hydroxylation sites is 1. The van der Waals surface area contributed by atoms with Crippen LogP contribution in [0.3, 0.4) is 0 Å². The van der Waals surface area contributed by atoms with Gasteiger partial charge in [0.2, 0.25) is 12.0 Å². The Morgan fingerprint density at radius 2 is 1.63 bits per heavy atom. The fraction of sp³-hybridized carbons (Fsp3) is 0.167. The van der Waals surface area contributed by atoms with Gasteiger partial charge < -0.3 is 14.5 Å². The van der Waals surface area contributed by atoms with E-state index in [4.69, 9.17) is 16.3 Å². The van der Waals surface area contributed by atoms with E-state index in [0.717, 1.165) is 11.1 Å². The Hall–Kier alpha value is -3.31. The number of nitrogens with zero attached hydrogens (tertiary/aromatic N) is 2. The van der Waals surface area contributed by atoms with Gasteiger partial charge in [0.05, 0.1) is 0 Å². The lowest BCUT2D eigenvalue weighted by Crippen LogP contribution is -2.74. The van der Waals surface area contributed by atoms with Crippen molar-refractivity contribution in [3.8, 4) is 5.75 Å². The van der Waals surface area contributed by atoms with Gasteiger partial charge in [-0.1, -0.05) is 60.1 Å². The molecule has 0 bridgehead atoms. The van der Waals surface area contributed by atoms with Gasteiger partial charge in [-0.15, -0.1) is 0 Å². The molecule has 30 heavy (non-hydrogen) atoms. The van der Waals surface area contributed by atoms with Crippen LogP contribution in [0.15, 0.2) is 78.9 Å². The largest absolute Gasteiger partial charge is 0.477 e. The normalized spacial score (nSPS) is 22.7. The molecule has 0 saturated carbocycles. The molecule has 2 aliphatic rings. The molecule has 5 rings (SSSR count). The highest BCUT2D eigenvalue weighted by Crippen LogP contribution is 2.53. The highest BCUT2D eigenvalue weighted by atomic mass is 35.5.